The van der Waals surface area contributed by atoms with Gasteiger partial charge in [-0.3, -0.25) is 0 Å². The fourth-order valence-electron chi connectivity index (χ4n) is 1.40. The summed E-state index contributed by atoms with van der Waals surface area (Å²) in [5.41, 5.74) is 7.61. The van der Waals surface area contributed by atoms with Crippen molar-refractivity contribution in [3.8, 4) is 0 Å². The number of aryl methyl sites for hydroxylation is 2. The number of anilines is 1. The van der Waals surface area contributed by atoms with Crippen molar-refractivity contribution in [3.05, 3.63) is 34.4 Å². The maximum absolute atomic E-state index is 5.94. The van der Waals surface area contributed by atoms with Crippen molar-refractivity contribution >= 4 is 17.4 Å². The predicted octanol–water partition coefficient (Wildman–Crippen LogP) is 2.38. The van der Waals surface area contributed by atoms with E-state index in [0.29, 0.717) is 17.4 Å². The first-order valence-corrected chi connectivity index (χ1v) is 4.98. The summed E-state index contributed by atoms with van der Waals surface area (Å²) in [5.74, 6) is 1.32. The second kappa shape index (κ2) is 3.62. The molecule has 5 heteroatoms. The highest BCUT2D eigenvalue weighted by molar-refractivity contribution is 6.33. The number of nitrogens with zero attached hydrogens (tertiary/aromatic N) is 2. The maximum Gasteiger partial charge on any atom is 0.141 e. The van der Waals surface area contributed by atoms with Crippen molar-refractivity contribution in [1.82, 2.24) is 9.78 Å². The van der Waals surface area contributed by atoms with E-state index in [4.69, 9.17) is 21.8 Å². The average Bonchev–Trinajstić information content (AvgIpc) is 2.69. The Morgan fingerprint density at radius 2 is 2.27 bits per heavy atom. The lowest BCUT2D eigenvalue weighted by molar-refractivity contribution is 0.478. The molecular formula is C10H12ClN3O. The van der Waals surface area contributed by atoms with Gasteiger partial charge in [-0.2, -0.15) is 5.10 Å². The van der Waals surface area contributed by atoms with Gasteiger partial charge in [0.15, 0.2) is 0 Å². The number of hydrogen-bond acceptors (Lipinski definition) is 3. The molecule has 0 unspecified atom stereocenters. The molecule has 2 heterocycles. The van der Waals surface area contributed by atoms with Crippen LogP contribution in [0.3, 0.4) is 0 Å². The first-order chi connectivity index (χ1) is 7.09. The average molecular weight is 226 g/mol. The van der Waals surface area contributed by atoms with Crippen molar-refractivity contribution in [1.29, 1.82) is 0 Å². The van der Waals surface area contributed by atoms with Gasteiger partial charge in [-0.15, -0.1) is 0 Å². The number of halogens is 1. The molecular weight excluding hydrogens is 214 g/mol. The molecule has 0 aliphatic rings. The minimum absolute atomic E-state index is 0.477. The standard InChI is InChI=1S/C10H12ClN3O/c1-6-3-4-15-8(6)5-14-10(12)9(11)7(2)13-14/h3-4H,5,12H2,1-2H3. The van der Waals surface area contributed by atoms with Crippen LogP contribution in [0.5, 0.6) is 0 Å². The summed E-state index contributed by atoms with van der Waals surface area (Å²) >= 11 is 5.94. The number of aromatic nitrogens is 2. The molecule has 4 nitrogen and oxygen atoms in total. The Bertz CT molecular complexity index is 487. The molecule has 0 saturated carbocycles. The highest BCUT2D eigenvalue weighted by Gasteiger charge is 2.12. The summed E-state index contributed by atoms with van der Waals surface area (Å²) in [6.45, 7) is 4.31. The Hall–Kier alpha value is -1.42. The van der Waals surface area contributed by atoms with Crippen LogP contribution >= 0.6 is 11.6 Å². The van der Waals surface area contributed by atoms with Crippen molar-refractivity contribution in [3.63, 3.8) is 0 Å². The van der Waals surface area contributed by atoms with Gasteiger partial charge in [0, 0.05) is 0 Å². The van der Waals surface area contributed by atoms with E-state index in [1.807, 2.05) is 19.9 Å². The molecule has 0 spiro atoms. The minimum atomic E-state index is 0.477. The van der Waals surface area contributed by atoms with Gasteiger partial charge in [-0.05, 0) is 25.5 Å². The van der Waals surface area contributed by atoms with E-state index in [1.54, 1.807) is 10.9 Å². The van der Waals surface area contributed by atoms with Crippen LogP contribution in [-0.4, -0.2) is 9.78 Å². The summed E-state index contributed by atoms with van der Waals surface area (Å²) in [7, 11) is 0. The second-order valence-corrected chi connectivity index (χ2v) is 3.85. The van der Waals surface area contributed by atoms with E-state index in [0.717, 1.165) is 17.0 Å². The van der Waals surface area contributed by atoms with Crippen LogP contribution < -0.4 is 5.73 Å². The number of rotatable bonds is 2. The second-order valence-electron chi connectivity index (χ2n) is 3.47. The van der Waals surface area contributed by atoms with Crippen LogP contribution in [-0.2, 0) is 6.54 Å². The molecule has 0 bridgehead atoms. The Balaban J connectivity index is 2.33. The Kier molecular flexibility index (Phi) is 2.44. The van der Waals surface area contributed by atoms with Gasteiger partial charge in [0.25, 0.3) is 0 Å². The molecule has 2 aromatic heterocycles. The van der Waals surface area contributed by atoms with Crippen molar-refractivity contribution in [2.24, 2.45) is 0 Å². The van der Waals surface area contributed by atoms with Crippen molar-refractivity contribution in [2.45, 2.75) is 20.4 Å². The fourth-order valence-corrected chi connectivity index (χ4v) is 1.54. The van der Waals surface area contributed by atoms with Crippen LogP contribution in [0, 0.1) is 13.8 Å². The molecule has 2 N–H and O–H groups in total. The Morgan fingerprint density at radius 3 is 2.73 bits per heavy atom. The third-order valence-electron chi connectivity index (χ3n) is 2.35. The van der Waals surface area contributed by atoms with Gasteiger partial charge in [-0.1, -0.05) is 11.6 Å². The lowest BCUT2D eigenvalue weighted by atomic mass is 10.3. The summed E-state index contributed by atoms with van der Waals surface area (Å²) in [6, 6.07) is 1.91. The smallest absolute Gasteiger partial charge is 0.141 e. The Labute approximate surface area is 92.6 Å². The van der Waals surface area contributed by atoms with Crippen LogP contribution in [0.4, 0.5) is 5.82 Å². The van der Waals surface area contributed by atoms with Gasteiger partial charge in [-0.25, -0.2) is 4.68 Å². The summed E-state index contributed by atoms with van der Waals surface area (Å²) in [5, 5.41) is 4.74. The number of nitrogens with two attached hydrogens (primary N) is 1. The van der Waals surface area contributed by atoms with E-state index >= 15 is 0 Å². The summed E-state index contributed by atoms with van der Waals surface area (Å²) in [6.07, 6.45) is 1.65. The molecule has 0 radical (unpaired) electrons. The SMILES string of the molecule is Cc1ccoc1Cn1nc(C)c(Cl)c1N. The molecule has 0 aliphatic heterocycles. The van der Waals surface area contributed by atoms with Crippen LogP contribution in [0.15, 0.2) is 16.7 Å². The largest absolute Gasteiger partial charge is 0.467 e. The first-order valence-electron chi connectivity index (χ1n) is 4.61. The van der Waals surface area contributed by atoms with E-state index in [9.17, 15) is 0 Å². The molecule has 0 amide bonds. The van der Waals surface area contributed by atoms with Crippen molar-refractivity contribution in [2.75, 3.05) is 5.73 Å². The van der Waals surface area contributed by atoms with Gasteiger partial charge in [0.05, 0.1) is 12.0 Å². The van der Waals surface area contributed by atoms with E-state index in [-0.39, 0.29) is 0 Å². The van der Waals surface area contributed by atoms with E-state index in [1.165, 1.54) is 0 Å². The van der Waals surface area contributed by atoms with Gasteiger partial charge >= 0.3 is 0 Å². The molecule has 2 aromatic rings. The molecule has 0 saturated heterocycles. The topological polar surface area (TPSA) is 57.0 Å². The molecule has 80 valence electrons. The van der Waals surface area contributed by atoms with Gasteiger partial charge in [0.2, 0.25) is 0 Å². The van der Waals surface area contributed by atoms with Crippen molar-refractivity contribution < 1.29 is 4.42 Å². The normalized spacial score (nSPS) is 10.9. The summed E-state index contributed by atoms with van der Waals surface area (Å²) in [4.78, 5) is 0. The zero-order valence-electron chi connectivity index (χ0n) is 8.62. The van der Waals surface area contributed by atoms with Gasteiger partial charge < -0.3 is 10.2 Å². The highest BCUT2D eigenvalue weighted by atomic mass is 35.5. The zero-order chi connectivity index (χ0) is 11.0. The summed E-state index contributed by atoms with van der Waals surface area (Å²) < 4.78 is 6.96. The fraction of sp³-hybridized carbons (Fsp3) is 0.300. The van der Waals surface area contributed by atoms with Gasteiger partial charge in [0.1, 0.15) is 23.1 Å². The molecule has 0 aliphatic carbocycles. The molecule has 0 fully saturated rings. The Morgan fingerprint density at radius 1 is 1.53 bits per heavy atom. The minimum Gasteiger partial charge on any atom is -0.467 e. The lowest BCUT2D eigenvalue weighted by Gasteiger charge is -2.02. The molecule has 15 heavy (non-hydrogen) atoms. The maximum atomic E-state index is 5.94. The zero-order valence-corrected chi connectivity index (χ0v) is 9.38. The molecule has 2 rings (SSSR count). The third kappa shape index (κ3) is 1.72. The van der Waals surface area contributed by atoms with E-state index < -0.39 is 0 Å². The highest BCUT2D eigenvalue weighted by Crippen LogP contribution is 2.23. The third-order valence-corrected chi connectivity index (χ3v) is 2.82. The number of nitrogen functional groups attached to an aromatic ring is 1. The number of hydrogen-bond donors (Lipinski definition) is 1. The predicted molar refractivity (Wildman–Crippen MR) is 58.9 cm³/mol. The first kappa shape index (κ1) is 10.1. The molecule has 0 atom stereocenters. The number of furan rings is 1. The quantitative estimate of drug-likeness (QED) is 0.854. The lowest BCUT2D eigenvalue weighted by Crippen LogP contribution is -2.06. The van der Waals surface area contributed by atoms with Crippen LogP contribution in [0.2, 0.25) is 5.02 Å². The van der Waals surface area contributed by atoms with Crippen LogP contribution in [0.25, 0.3) is 0 Å². The van der Waals surface area contributed by atoms with E-state index in [2.05, 4.69) is 5.10 Å². The monoisotopic (exact) mass is 225 g/mol. The molecule has 0 aromatic carbocycles. The van der Waals surface area contributed by atoms with Crippen LogP contribution in [0.1, 0.15) is 17.0 Å².